The summed E-state index contributed by atoms with van der Waals surface area (Å²) in [5, 5.41) is 0. The van der Waals surface area contributed by atoms with Gasteiger partial charge in [-0.2, -0.15) is 0 Å². The second kappa shape index (κ2) is 2.46. The van der Waals surface area contributed by atoms with E-state index in [9.17, 15) is 0 Å². The fraction of sp³-hybridized carbons (Fsp3) is 1.00. The fourth-order valence-electron chi connectivity index (χ4n) is 1.76. The van der Waals surface area contributed by atoms with Crippen molar-refractivity contribution in [3.63, 3.8) is 0 Å². The summed E-state index contributed by atoms with van der Waals surface area (Å²) in [5.41, 5.74) is 6.56. The molecule has 11 heavy (non-hydrogen) atoms. The van der Waals surface area contributed by atoms with E-state index in [0.29, 0.717) is 0 Å². The van der Waals surface area contributed by atoms with Crippen molar-refractivity contribution >= 4 is 0 Å². The third-order valence-electron chi connectivity index (χ3n) is 2.85. The molecule has 66 valence electrons. The summed E-state index contributed by atoms with van der Waals surface area (Å²) in [6.07, 6.45) is 2.40. The molecule has 0 aliphatic heterocycles. The third kappa shape index (κ3) is 1.74. The van der Waals surface area contributed by atoms with Crippen molar-refractivity contribution in [1.29, 1.82) is 0 Å². The molecule has 0 spiro atoms. The van der Waals surface area contributed by atoms with E-state index in [0.717, 1.165) is 6.54 Å². The SMILES string of the molecule is CN(C)CC(C)(C)C1(N)CC1. The lowest BCUT2D eigenvalue weighted by Crippen LogP contribution is -2.46. The van der Waals surface area contributed by atoms with Crippen LogP contribution >= 0.6 is 0 Å². The van der Waals surface area contributed by atoms with E-state index in [1.807, 2.05) is 0 Å². The van der Waals surface area contributed by atoms with Crippen molar-refractivity contribution in [3.05, 3.63) is 0 Å². The molecule has 2 nitrogen and oxygen atoms in total. The van der Waals surface area contributed by atoms with Crippen molar-refractivity contribution in [2.45, 2.75) is 32.2 Å². The van der Waals surface area contributed by atoms with Gasteiger partial charge in [-0.1, -0.05) is 13.8 Å². The summed E-state index contributed by atoms with van der Waals surface area (Å²) in [7, 11) is 4.21. The predicted octanol–water partition coefficient (Wildman–Crippen LogP) is 1.07. The topological polar surface area (TPSA) is 29.3 Å². The third-order valence-corrected chi connectivity index (χ3v) is 2.85. The molecule has 0 saturated heterocycles. The minimum atomic E-state index is 0.136. The van der Waals surface area contributed by atoms with Gasteiger partial charge in [0, 0.05) is 12.1 Å². The molecule has 0 aromatic rings. The molecule has 1 saturated carbocycles. The molecule has 0 heterocycles. The smallest absolute Gasteiger partial charge is 0.0219 e. The molecule has 1 aliphatic carbocycles. The Morgan fingerprint density at radius 3 is 2.09 bits per heavy atom. The van der Waals surface area contributed by atoms with Crippen LogP contribution in [0.4, 0.5) is 0 Å². The average molecular weight is 156 g/mol. The van der Waals surface area contributed by atoms with Gasteiger partial charge in [-0.05, 0) is 32.4 Å². The highest BCUT2D eigenvalue weighted by atomic mass is 15.1. The van der Waals surface area contributed by atoms with Gasteiger partial charge in [-0.15, -0.1) is 0 Å². The lowest BCUT2D eigenvalue weighted by molar-refractivity contribution is 0.186. The van der Waals surface area contributed by atoms with E-state index in [-0.39, 0.29) is 11.0 Å². The van der Waals surface area contributed by atoms with Crippen LogP contribution in [-0.4, -0.2) is 31.1 Å². The highest BCUT2D eigenvalue weighted by Crippen LogP contribution is 2.47. The second-order valence-corrected chi connectivity index (χ2v) is 4.78. The van der Waals surface area contributed by atoms with Crippen molar-refractivity contribution < 1.29 is 0 Å². The summed E-state index contributed by atoms with van der Waals surface area (Å²) in [6.45, 7) is 5.61. The molecule has 2 N–H and O–H groups in total. The summed E-state index contributed by atoms with van der Waals surface area (Å²) in [6, 6.07) is 0. The number of nitrogens with two attached hydrogens (primary N) is 1. The van der Waals surface area contributed by atoms with Crippen molar-refractivity contribution in [3.8, 4) is 0 Å². The Bertz CT molecular complexity index is 146. The summed E-state index contributed by atoms with van der Waals surface area (Å²) < 4.78 is 0. The van der Waals surface area contributed by atoms with Crippen LogP contribution in [0.25, 0.3) is 0 Å². The second-order valence-electron chi connectivity index (χ2n) is 4.78. The first kappa shape index (κ1) is 9.01. The van der Waals surface area contributed by atoms with Gasteiger partial charge in [-0.25, -0.2) is 0 Å². The van der Waals surface area contributed by atoms with Gasteiger partial charge in [-0.3, -0.25) is 0 Å². The Morgan fingerprint density at radius 1 is 1.36 bits per heavy atom. The Balaban J connectivity index is 2.52. The largest absolute Gasteiger partial charge is 0.325 e. The first-order valence-electron chi connectivity index (χ1n) is 4.31. The first-order valence-corrected chi connectivity index (χ1v) is 4.31. The highest BCUT2D eigenvalue weighted by molar-refractivity contribution is 5.09. The minimum absolute atomic E-state index is 0.136. The monoisotopic (exact) mass is 156 g/mol. The van der Waals surface area contributed by atoms with Gasteiger partial charge >= 0.3 is 0 Å². The van der Waals surface area contributed by atoms with Crippen molar-refractivity contribution in [1.82, 2.24) is 4.90 Å². The maximum Gasteiger partial charge on any atom is 0.0219 e. The van der Waals surface area contributed by atoms with Crippen LogP contribution in [0.3, 0.4) is 0 Å². The zero-order chi connectivity index (χ0) is 8.70. The number of rotatable bonds is 3. The normalized spacial score (nSPS) is 22.4. The molecule has 0 radical (unpaired) electrons. The molecule has 0 bridgehead atoms. The number of hydrogen-bond acceptors (Lipinski definition) is 2. The zero-order valence-corrected chi connectivity index (χ0v) is 8.15. The zero-order valence-electron chi connectivity index (χ0n) is 8.15. The predicted molar refractivity (Wildman–Crippen MR) is 48.5 cm³/mol. The maximum atomic E-state index is 6.15. The molecular formula is C9H20N2. The van der Waals surface area contributed by atoms with E-state index >= 15 is 0 Å². The van der Waals surface area contributed by atoms with Crippen LogP contribution in [0.1, 0.15) is 26.7 Å². The van der Waals surface area contributed by atoms with E-state index in [1.165, 1.54) is 12.8 Å². The van der Waals surface area contributed by atoms with Gasteiger partial charge in [0.05, 0.1) is 0 Å². The molecule has 0 amide bonds. The summed E-state index contributed by atoms with van der Waals surface area (Å²) in [5.74, 6) is 0. The highest BCUT2D eigenvalue weighted by Gasteiger charge is 2.50. The van der Waals surface area contributed by atoms with Crippen molar-refractivity contribution in [2.24, 2.45) is 11.1 Å². The lowest BCUT2D eigenvalue weighted by Gasteiger charge is -2.34. The quantitative estimate of drug-likeness (QED) is 0.662. The minimum Gasteiger partial charge on any atom is -0.325 e. The van der Waals surface area contributed by atoms with Gasteiger partial charge in [0.1, 0.15) is 0 Å². The van der Waals surface area contributed by atoms with E-state index in [4.69, 9.17) is 5.73 Å². The van der Waals surface area contributed by atoms with Crippen LogP contribution < -0.4 is 5.73 Å². The molecule has 1 fully saturated rings. The number of hydrogen-bond donors (Lipinski definition) is 1. The summed E-state index contributed by atoms with van der Waals surface area (Å²) in [4.78, 5) is 2.22. The summed E-state index contributed by atoms with van der Waals surface area (Å²) >= 11 is 0. The lowest BCUT2D eigenvalue weighted by atomic mass is 9.82. The van der Waals surface area contributed by atoms with E-state index in [2.05, 4.69) is 32.8 Å². The molecule has 2 heteroatoms. The Kier molecular flexibility index (Phi) is 2.01. The van der Waals surface area contributed by atoms with Gasteiger partial charge in [0.25, 0.3) is 0 Å². The maximum absolute atomic E-state index is 6.15. The van der Waals surface area contributed by atoms with E-state index < -0.39 is 0 Å². The van der Waals surface area contributed by atoms with Crippen molar-refractivity contribution in [2.75, 3.05) is 20.6 Å². The Labute approximate surface area is 69.8 Å². The molecule has 0 unspecified atom stereocenters. The van der Waals surface area contributed by atoms with Crippen LogP contribution in [0.5, 0.6) is 0 Å². The molecule has 0 aromatic heterocycles. The van der Waals surface area contributed by atoms with Gasteiger partial charge < -0.3 is 10.6 Å². The van der Waals surface area contributed by atoms with Gasteiger partial charge in [0.2, 0.25) is 0 Å². The standard InChI is InChI=1S/C9H20N2/c1-8(2,7-11(3)4)9(10)5-6-9/h5-7,10H2,1-4H3. The Hall–Kier alpha value is -0.0800. The van der Waals surface area contributed by atoms with Gasteiger partial charge in [0.15, 0.2) is 0 Å². The fourth-order valence-corrected chi connectivity index (χ4v) is 1.76. The molecular weight excluding hydrogens is 136 g/mol. The first-order chi connectivity index (χ1) is 4.87. The Morgan fingerprint density at radius 2 is 1.82 bits per heavy atom. The van der Waals surface area contributed by atoms with E-state index in [1.54, 1.807) is 0 Å². The number of nitrogens with zero attached hydrogens (tertiary/aromatic N) is 1. The molecule has 1 rings (SSSR count). The van der Waals surface area contributed by atoms with Crippen LogP contribution in [0.15, 0.2) is 0 Å². The molecule has 1 aliphatic rings. The molecule has 0 aromatic carbocycles. The average Bonchev–Trinajstić information content (AvgIpc) is 2.44. The van der Waals surface area contributed by atoms with Crippen LogP contribution in [0.2, 0.25) is 0 Å². The van der Waals surface area contributed by atoms with Crippen LogP contribution in [0, 0.1) is 5.41 Å². The van der Waals surface area contributed by atoms with Crippen LogP contribution in [-0.2, 0) is 0 Å². The molecule has 0 atom stereocenters.